The molecule has 0 spiro atoms. The van der Waals surface area contributed by atoms with Gasteiger partial charge in [-0.25, -0.2) is 9.79 Å². The van der Waals surface area contributed by atoms with Crippen molar-refractivity contribution in [1.82, 2.24) is 4.57 Å². The zero-order chi connectivity index (χ0) is 27.0. The number of esters is 1. The Hall–Kier alpha value is -3.68. The first kappa shape index (κ1) is 25.9. The predicted molar refractivity (Wildman–Crippen MR) is 152 cm³/mol. The SMILES string of the molecule is CCOC(=O)C1=C(C)N=c2sc(=Cc3c(OC(C)C)ccc4ccccc34)c(=O)n2[C@H]1c1ccccc1Cl. The minimum absolute atomic E-state index is 0.0421. The van der Waals surface area contributed by atoms with E-state index in [9.17, 15) is 9.59 Å². The second kappa shape index (κ2) is 10.6. The molecule has 194 valence electrons. The molecule has 0 radical (unpaired) electrons. The fourth-order valence-electron chi connectivity index (χ4n) is 4.69. The predicted octanol–water partition coefficient (Wildman–Crippen LogP) is 5.39. The number of rotatable bonds is 6. The molecule has 5 rings (SSSR count). The third kappa shape index (κ3) is 4.68. The van der Waals surface area contributed by atoms with Gasteiger partial charge in [0.15, 0.2) is 4.80 Å². The second-order valence-electron chi connectivity index (χ2n) is 9.19. The molecule has 6 nitrogen and oxygen atoms in total. The minimum atomic E-state index is -0.764. The average molecular weight is 547 g/mol. The molecule has 0 unspecified atom stereocenters. The molecule has 3 aromatic carbocycles. The molecule has 0 saturated heterocycles. The summed E-state index contributed by atoms with van der Waals surface area (Å²) in [6, 6.07) is 18.4. The Morgan fingerprint density at radius 2 is 1.87 bits per heavy atom. The van der Waals surface area contributed by atoms with Crippen molar-refractivity contribution in [3.63, 3.8) is 0 Å². The van der Waals surface area contributed by atoms with Gasteiger partial charge in [0.2, 0.25) is 0 Å². The van der Waals surface area contributed by atoms with E-state index in [0.29, 0.717) is 36.9 Å². The third-order valence-electron chi connectivity index (χ3n) is 6.29. The molecule has 0 saturated carbocycles. The largest absolute Gasteiger partial charge is 0.490 e. The van der Waals surface area contributed by atoms with Gasteiger partial charge in [-0.15, -0.1) is 0 Å². The molecule has 1 aliphatic heterocycles. The summed E-state index contributed by atoms with van der Waals surface area (Å²) in [5, 5.41) is 2.46. The van der Waals surface area contributed by atoms with E-state index in [0.717, 1.165) is 16.3 Å². The number of halogens is 1. The van der Waals surface area contributed by atoms with E-state index in [-0.39, 0.29) is 18.3 Å². The number of hydrogen-bond donors (Lipinski definition) is 0. The Morgan fingerprint density at radius 1 is 1.13 bits per heavy atom. The van der Waals surface area contributed by atoms with E-state index in [1.807, 2.05) is 74.5 Å². The topological polar surface area (TPSA) is 69.9 Å². The summed E-state index contributed by atoms with van der Waals surface area (Å²) in [6.07, 6.45) is 1.82. The van der Waals surface area contributed by atoms with E-state index < -0.39 is 12.0 Å². The summed E-state index contributed by atoms with van der Waals surface area (Å²) in [7, 11) is 0. The number of thiazole rings is 1. The molecule has 4 aromatic rings. The molecular weight excluding hydrogens is 520 g/mol. The quantitative estimate of drug-likeness (QED) is 0.304. The van der Waals surface area contributed by atoms with Crippen molar-refractivity contribution in [3.05, 3.63) is 108 Å². The molecule has 0 amide bonds. The number of allylic oxidation sites excluding steroid dienone is 1. The molecule has 0 aliphatic carbocycles. The van der Waals surface area contributed by atoms with Crippen LogP contribution in [-0.2, 0) is 9.53 Å². The molecule has 8 heteroatoms. The highest BCUT2D eigenvalue weighted by atomic mass is 35.5. The molecule has 0 N–H and O–H groups in total. The van der Waals surface area contributed by atoms with Gasteiger partial charge >= 0.3 is 5.97 Å². The van der Waals surface area contributed by atoms with Crippen molar-refractivity contribution in [1.29, 1.82) is 0 Å². The van der Waals surface area contributed by atoms with Crippen LogP contribution in [0.15, 0.2) is 81.7 Å². The molecule has 1 aromatic heterocycles. The zero-order valence-corrected chi connectivity index (χ0v) is 23.1. The van der Waals surface area contributed by atoms with Gasteiger partial charge in [-0.2, -0.15) is 0 Å². The molecule has 0 fully saturated rings. The van der Waals surface area contributed by atoms with E-state index in [1.165, 1.54) is 11.3 Å². The van der Waals surface area contributed by atoms with E-state index in [1.54, 1.807) is 24.5 Å². The molecule has 38 heavy (non-hydrogen) atoms. The lowest BCUT2D eigenvalue weighted by Crippen LogP contribution is -2.40. The van der Waals surface area contributed by atoms with E-state index in [4.69, 9.17) is 21.1 Å². The number of nitrogens with zero attached hydrogens (tertiary/aromatic N) is 2. The van der Waals surface area contributed by atoms with Crippen molar-refractivity contribution in [3.8, 4) is 5.75 Å². The van der Waals surface area contributed by atoms with Crippen LogP contribution in [0.3, 0.4) is 0 Å². The summed E-state index contributed by atoms with van der Waals surface area (Å²) in [5.74, 6) is 0.171. The van der Waals surface area contributed by atoms with Gasteiger partial charge in [0.05, 0.1) is 28.5 Å². The van der Waals surface area contributed by atoms with Crippen molar-refractivity contribution >= 4 is 45.8 Å². The molecule has 0 bridgehead atoms. The Labute approximate surface area is 229 Å². The number of carbonyl (C=O) groups is 1. The minimum Gasteiger partial charge on any atom is -0.490 e. The molecule has 2 heterocycles. The zero-order valence-electron chi connectivity index (χ0n) is 21.5. The first-order valence-corrected chi connectivity index (χ1v) is 13.6. The molecule has 1 aliphatic rings. The maximum atomic E-state index is 14.0. The summed E-state index contributed by atoms with van der Waals surface area (Å²) in [6.45, 7) is 7.64. The van der Waals surface area contributed by atoms with Crippen LogP contribution in [0.5, 0.6) is 5.75 Å². The fraction of sp³-hybridized carbons (Fsp3) is 0.233. The Balaban J connectivity index is 1.79. The first-order valence-electron chi connectivity index (χ1n) is 12.4. The monoisotopic (exact) mass is 546 g/mol. The van der Waals surface area contributed by atoms with Crippen molar-refractivity contribution in [2.45, 2.75) is 39.8 Å². The maximum Gasteiger partial charge on any atom is 0.338 e. The first-order chi connectivity index (χ1) is 18.3. The molecular formula is C30H27ClN2O4S. The van der Waals surface area contributed by atoms with Gasteiger partial charge in [-0.05, 0) is 62.2 Å². The number of hydrogen-bond acceptors (Lipinski definition) is 6. The van der Waals surface area contributed by atoms with E-state index >= 15 is 0 Å². The summed E-state index contributed by atoms with van der Waals surface area (Å²) >= 11 is 7.87. The lowest BCUT2D eigenvalue weighted by atomic mass is 9.96. The van der Waals surface area contributed by atoms with Gasteiger partial charge in [0.25, 0.3) is 5.56 Å². The van der Waals surface area contributed by atoms with Crippen LogP contribution in [0.25, 0.3) is 16.8 Å². The van der Waals surface area contributed by atoms with Crippen LogP contribution in [0.1, 0.15) is 44.9 Å². The highest BCUT2D eigenvalue weighted by Gasteiger charge is 2.34. The Bertz CT molecular complexity index is 1770. The van der Waals surface area contributed by atoms with Crippen LogP contribution < -0.4 is 19.6 Å². The van der Waals surface area contributed by atoms with Crippen LogP contribution in [0.2, 0.25) is 5.02 Å². The van der Waals surface area contributed by atoms with Crippen LogP contribution >= 0.6 is 22.9 Å². The number of ether oxygens (including phenoxy) is 2. The summed E-state index contributed by atoms with van der Waals surface area (Å²) in [4.78, 5) is 32.3. The van der Waals surface area contributed by atoms with Gasteiger partial charge in [-0.1, -0.05) is 71.5 Å². The van der Waals surface area contributed by atoms with Gasteiger partial charge in [-0.3, -0.25) is 9.36 Å². The second-order valence-corrected chi connectivity index (χ2v) is 10.6. The number of benzene rings is 3. The Kier molecular flexibility index (Phi) is 7.23. The fourth-order valence-corrected chi connectivity index (χ4v) is 5.96. The van der Waals surface area contributed by atoms with Crippen LogP contribution in [0.4, 0.5) is 0 Å². The van der Waals surface area contributed by atoms with Gasteiger partial charge < -0.3 is 9.47 Å². The van der Waals surface area contributed by atoms with Gasteiger partial charge in [0.1, 0.15) is 11.8 Å². The summed E-state index contributed by atoms with van der Waals surface area (Å²) in [5.41, 5.74) is 1.98. The third-order valence-corrected chi connectivity index (χ3v) is 7.61. The highest BCUT2D eigenvalue weighted by Crippen LogP contribution is 2.35. The number of aromatic nitrogens is 1. The molecule has 1 atom stereocenters. The normalized spacial score (nSPS) is 15.5. The van der Waals surface area contributed by atoms with Crippen molar-refractivity contribution in [2.24, 2.45) is 4.99 Å². The van der Waals surface area contributed by atoms with Crippen LogP contribution in [-0.4, -0.2) is 23.2 Å². The smallest absolute Gasteiger partial charge is 0.338 e. The van der Waals surface area contributed by atoms with Crippen molar-refractivity contribution < 1.29 is 14.3 Å². The van der Waals surface area contributed by atoms with Crippen molar-refractivity contribution in [2.75, 3.05) is 6.61 Å². The van der Waals surface area contributed by atoms with E-state index in [2.05, 4.69) is 4.99 Å². The Morgan fingerprint density at radius 3 is 2.61 bits per heavy atom. The van der Waals surface area contributed by atoms with Crippen LogP contribution in [0, 0.1) is 0 Å². The van der Waals surface area contributed by atoms with Gasteiger partial charge in [0, 0.05) is 10.6 Å². The number of fused-ring (bicyclic) bond motifs is 2. The number of carbonyl (C=O) groups excluding carboxylic acids is 1. The standard InChI is InChI=1S/C30H27ClN2O4S/c1-5-36-29(35)26-18(4)32-30-33(27(26)21-12-8-9-13-23(21)31)28(34)25(38-30)16-22-20-11-7-6-10-19(20)14-15-24(22)37-17(2)3/h6-17,27H,5H2,1-4H3/t27-/m0/s1. The lowest BCUT2D eigenvalue weighted by Gasteiger charge is -2.25. The highest BCUT2D eigenvalue weighted by molar-refractivity contribution is 7.07. The average Bonchev–Trinajstić information content (AvgIpc) is 3.19. The summed E-state index contributed by atoms with van der Waals surface area (Å²) < 4.78 is 13.5. The maximum absolute atomic E-state index is 14.0. The lowest BCUT2D eigenvalue weighted by molar-refractivity contribution is -0.139.